The van der Waals surface area contributed by atoms with Crippen molar-refractivity contribution in [2.75, 3.05) is 0 Å². The summed E-state index contributed by atoms with van der Waals surface area (Å²) in [6, 6.07) is 30.0. The maximum atomic E-state index is 9.54. The molecule has 0 fully saturated rings. The first-order chi connectivity index (χ1) is 14.8. The van der Waals surface area contributed by atoms with Gasteiger partial charge in [0.2, 0.25) is 0 Å². The lowest BCUT2D eigenvalue weighted by Crippen LogP contribution is -1.96. The van der Waals surface area contributed by atoms with Crippen molar-refractivity contribution in [1.29, 1.82) is 10.5 Å². The molecule has 0 aliphatic rings. The fourth-order valence-electron chi connectivity index (χ4n) is 4.36. The first-order valence-electron chi connectivity index (χ1n) is 9.58. The summed E-state index contributed by atoms with van der Waals surface area (Å²) in [5.41, 5.74) is 5.19. The molecule has 0 atom stereocenters. The lowest BCUT2D eigenvalue weighted by Gasteiger charge is -2.09. The second kappa shape index (κ2) is 5.98. The number of aromatic nitrogens is 1. The number of rotatable bonds is 1. The molecule has 4 heteroatoms. The molecule has 0 unspecified atom stereocenters. The van der Waals surface area contributed by atoms with Crippen LogP contribution in [-0.4, -0.2) is 4.57 Å². The summed E-state index contributed by atoms with van der Waals surface area (Å²) in [6.45, 7) is 0. The van der Waals surface area contributed by atoms with Gasteiger partial charge in [0.05, 0.1) is 22.2 Å². The van der Waals surface area contributed by atoms with Crippen molar-refractivity contribution in [2.24, 2.45) is 0 Å². The number of nitriles is 2. The largest absolute Gasteiger partial charge is 0.454 e. The Morgan fingerprint density at radius 2 is 1.40 bits per heavy atom. The second-order valence-electron chi connectivity index (χ2n) is 7.24. The summed E-state index contributed by atoms with van der Waals surface area (Å²) in [5.74, 6) is 0. The van der Waals surface area contributed by atoms with E-state index in [0.717, 1.165) is 49.4 Å². The van der Waals surface area contributed by atoms with E-state index in [-0.39, 0.29) is 0 Å². The maximum Gasteiger partial charge on any atom is 0.160 e. The molecule has 0 bridgehead atoms. The van der Waals surface area contributed by atoms with Crippen LogP contribution < -0.4 is 0 Å². The van der Waals surface area contributed by atoms with Crippen molar-refractivity contribution in [3.8, 4) is 17.8 Å². The van der Waals surface area contributed by atoms with Gasteiger partial charge in [-0.3, -0.25) is 0 Å². The highest BCUT2D eigenvalue weighted by Crippen LogP contribution is 2.40. The van der Waals surface area contributed by atoms with Gasteiger partial charge in [0, 0.05) is 27.2 Å². The first-order valence-corrected chi connectivity index (χ1v) is 9.58. The Labute approximate surface area is 171 Å². The highest BCUT2D eigenvalue weighted by Gasteiger charge is 2.19. The van der Waals surface area contributed by atoms with E-state index in [1.807, 2.05) is 36.4 Å². The Morgan fingerprint density at radius 3 is 2.23 bits per heavy atom. The highest BCUT2D eigenvalue weighted by molar-refractivity contribution is 6.21. The van der Waals surface area contributed by atoms with Crippen LogP contribution in [0.2, 0.25) is 0 Å². The third kappa shape index (κ3) is 2.08. The molecule has 0 amide bonds. The van der Waals surface area contributed by atoms with Crippen LogP contribution in [0.15, 0.2) is 83.3 Å². The third-order valence-corrected chi connectivity index (χ3v) is 5.68. The minimum Gasteiger partial charge on any atom is -0.454 e. The Hall–Kier alpha value is -4.54. The van der Waals surface area contributed by atoms with Crippen LogP contribution in [0.25, 0.3) is 49.4 Å². The van der Waals surface area contributed by atoms with E-state index >= 15 is 0 Å². The Balaban J connectivity index is 1.84. The van der Waals surface area contributed by atoms with Gasteiger partial charge >= 0.3 is 0 Å². The smallest absolute Gasteiger partial charge is 0.160 e. The van der Waals surface area contributed by atoms with Crippen molar-refractivity contribution >= 4 is 43.7 Å². The molecule has 0 N–H and O–H groups in total. The summed E-state index contributed by atoms with van der Waals surface area (Å²) < 4.78 is 8.44. The number of para-hydroxylation sites is 2. The predicted octanol–water partition coefficient (Wildman–Crippen LogP) is 6.43. The Bertz CT molecular complexity index is 1720. The maximum absolute atomic E-state index is 9.54. The monoisotopic (exact) mass is 383 g/mol. The summed E-state index contributed by atoms with van der Waals surface area (Å²) in [4.78, 5) is 0. The zero-order chi connectivity index (χ0) is 20.2. The van der Waals surface area contributed by atoms with Crippen LogP contribution in [0, 0.1) is 22.7 Å². The second-order valence-corrected chi connectivity index (χ2v) is 7.24. The molecule has 0 saturated heterocycles. The van der Waals surface area contributed by atoms with Gasteiger partial charge in [0.25, 0.3) is 0 Å². The van der Waals surface area contributed by atoms with E-state index in [0.29, 0.717) is 11.1 Å². The number of hydrogen-bond donors (Lipinski definition) is 0. The zero-order valence-electron chi connectivity index (χ0n) is 15.8. The minimum absolute atomic E-state index is 0.359. The lowest BCUT2D eigenvalue weighted by atomic mass is 10.1. The molecule has 0 aliphatic carbocycles. The van der Waals surface area contributed by atoms with Crippen LogP contribution in [0.3, 0.4) is 0 Å². The molecule has 4 nitrogen and oxygen atoms in total. The number of hydrogen-bond acceptors (Lipinski definition) is 3. The van der Waals surface area contributed by atoms with Crippen molar-refractivity contribution in [1.82, 2.24) is 4.57 Å². The SMILES string of the molecule is N#Cc1ccc(-n2c3ccccc3c3ccc4c5ccccc5oc4c32)cc1C#N. The minimum atomic E-state index is 0.359. The van der Waals surface area contributed by atoms with Gasteiger partial charge in [-0.2, -0.15) is 10.5 Å². The molecule has 0 saturated carbocycles. The van der Waals surface area contributed by atoms with Gasteiger partial charge < -0.3 is 8.98 Å². The molecule has 2 heterocycles. The molecule has 30 heavy (non-hydrogen) atoms. The Kier molecular flexibility index (Phi) is 3.27. The summed E-state index contributed by atoms with van der Waals surface area (Å²) >= 11 is 0. The first kappa shape index (κ1) is 16.4. The van der Waals surface area contributed by atoms with Crippen LogP contribution >= 0.6 is 0 Å². The third-order valence-electron chi connectivity index (χ3n) is 5.68. The summed E-state index contributed by atoms with van der Waals surface area (Å²) in [6.07, 6.45) is 0. The van der Waals surface area contributed by atoms with Crippen LogP contribution in [0.4, 0.5) is 0 Å². The van der Waals surface area contributed by atoms with Gasteiger partial charge in [0.15, 0.2) is 5.58 Å². The van der Waals surface area contributed by atoms with E-state index in [1.165, 1.54) is 0 Å². The molecule has 4 aromatic carbocycles. The van der Waals surface area contributed by atoms with E-state index in [2.05, 4.69) is 47.0 Å². The topological polar surface area (TPSA) is 65.7 Å². The number of fused-ring (bicyclic) bond motifs is 7. The molecular formula is C26H13N3O. The molecular weight excluding hydrogens is 370 g/mol. The molecule has 0 spiro atoms. The van der Waals surface area contributed by atoms with Crippen LogP contribution in [0.1, 0.15) is 11.1 Å². The average Bonchev–Trinajstić information content (AvgIpc) is 3.34. The average molecular weight is 383 g/mol. The van der Waals surface area contributed by atoms with Gasteiger partial charge in [-0.1, -0.05) is 42.5 Å². The normalized spacial score (nSPS) is 11.3. The predicted molar refractivity (Wildman–Crippen MR) is 117 cm³/mol. The highest BCUT2D eigenvalue weighted by atomic mass is 16.3. The van der Waals surface area contributed by atoms with Gasteiger partial charge in [-0.15, -0.1) is 0 Å². The van der Waals surface area contributed by atoms with Crippen molar-refractivity contribution < 1.29 is 4.42 Å². The molecule has 138 valence electrons. The molecule has 6 rings (SSSR count). The fourth-order valence-corrected chi connectivity index (χ4v) is 4.36. The molecule has 6 aromatic rings. The van der Waals surface area contributed by atoms with Crippen LogP contribution in [0.5, 0.6) is 0 Å². The number of nitrogens with zero attached hydrogens (tertiary/aromatic N) is 3. The van der Waals surface area contributed by atoms with E-state index in [4.69, 9.17) is 4.42 Å². The van der Waals surface area contributed by atoms with Gasteiger partial charge in [-0.25, -0.2) is 0 Å². The molecule has 0 radical (unpaired) electrons. The van der Waals surface area contributed by atoms with Crippen molar-refractivity contribution in [2.45, 2.75) is 0 Å². The van der Waals surface area contributed by atoms with Crippen molar-refractivity contribution in [3.05, 3.63) is 90.0 Å². The van der Waals surface area contributed by atoms with Gasteiger partial charge in [-0.05, 0) is 36.4 Å². The van der Waals surface area contributed by atoms with E-state index in [1.54, 1.807) is 12.1 Å². The number of furan rings is 1. The quantitative estimate of drug-likeness (QED) is 0.329. The molecule has 0 aliphatic heterocycles. The number of benzene rings is 4. The Morgan fingerprint density at radius 1 is 0.667 bits per heavy atom. The zero-order valence-corrected chi connectivity index (χ0v) is 15.8. The standard InChI is InChI=1S/C26H13N3O/c27-14-16-9-10-18(13-17(16)15-28)29-23-7-3-1-5-19(23)21-11-12-22-20-6-2-4-8-24(20)30-26(22)25(21)29/h1-13H. The van der Waals surface area contributed by atoms with Crippen molar-refractivity contribution in [3.63, 3.8) is 0 Å². The molecule has 2 aromatic heterocycles. The lowest BCUT2D eigenvalue weighted by molar-refractivity contribution is 0.671. The van der Waals surface area contributed by atoms with Crippen LogP contribution in [-0.2, 0) is 0 Å². The fraction of sp³-hybridized carbons (Fsp3) is 0. The van der Waals surface area contributed by atoms with E-state index in [9.17, 15) is 10.5 Å². The summed E-state index contributed by atoms with van der Waals surface area (Å²) in [5, 5.41) is 23.2. The van der Waals surface area contributed by atoms with E-state index < -0.39 is 0 Å². The van der Waals surface area contributed by atoms with Gasteiger partial charge in [0.1, 0.15) is 17.7 Å². The summed E-state index contributed by atoms with van der Waals surface area (Å²) in [7, 11) is 0.